The summed E-state index contributed by atoms with van der Waals surface area (Å²) in [6, 6.07) is 13.8. The fourth-order valence-electron chi connectivity index (χ4n) is 3.00. The van der Waals surface area contributed by atoms with Crippen LogP contribution in [0.25, 0.3) is 17.3 Å². The van der Waals surface area contributed by atoms with Crippen LogP contribution in [-0.4, -0.2) is 37.5 Å². The maximum atomic E-state index is 5.32. The SMILES string of the molecule is CCNC(=NCc1nc(-c2ccco2)n[nH]1)NC(C)c1cccc(-n2cccn2)c1.I. The van der Waals surface area contributed by atoms with E-state index < -0.39 is 0 Å². The summed E-state index contributed by atoms with van der Waals surface area (Å²) in [5.74, 6) is 2.50. The Morgan fingerprint density at radius 3 is 2.90 bits per heavy atom. The third kappa shape index (κ3) is 5.72. The van der Waals surface area contributed by atoms with Crippen LogP contribution in [0.2, 0.25) is 0 Å². The Bertz CT molecular complexity index is 1090. The Kier molecular flexibility index (Phi) is 7.82. The average molecular weight is 532 g/mol. The first kappa shape index (κ1) is 22.5. The van der Waals surface area contributed by atoms with Crippen molar-refractivity contribution in [1.82, 2.24) is 35.6 Å². The molecule has 9 nitrogen and oxygen atoms in total. The molecule has 10 heteroatoms. The zero-order valence-corrected chi connectivity index (χ0v) is 19.6. The minimum absolute atomic E-state index is 0. The summed E-state index contributed by atoms with van der Waals surface area (Å²) in [4.78, 5) is 9.06. The lowest BCUT2D eigenvalue weighted by atomic mass is 10.1. The van der Waals surface area contributed by atoms with Crippen molar-refractivity contribution in [3.63, 3.8) is 0 Å². The van der Waals surface area contributed by atoms with Crippen LogP contribution in [-0.2, 0) is 6.54 Å². The first-order chi connectivity index (χ1) is 14.7. The summed E-state index contributed by atoms with van der Waals surface area (Å²) in [7, 11) is 0. The molecule has 3 aromatic heterocycles. The standard InChI is InChI=1S/C21H24N8O.HI/c1-3-22-21(23-14-19-26-20(28-27-19)18-9-5-12-30-18)25-15(2)16-7-4-8-17(13-16)29-11-6-10-24-29;/h4-13,15H,3,14H2,1-2H3,(H2,22,23,25)(H,26,27,28);1H. The fraction of sp³-hybridized carbons (Fsp3) is 0.238. The molecule has 0 bridgehead atoms. The van der Waals surface area contributed by atoms with E-state index in [1.807, 2.05) is 42.1 Å². The van der Waals surface area contributed by atoms with Gasteiger partial charge in [-0.15, -0.1) is 29.1 Å². The van der Waals surface area contributed by atoms with Crippen LogP contribution >= 0.6 is 24.0 Å². The number of aromatic nitrogens is 5. The number of H-pyrrole nitrogens is 1. The van der Waals surface area contributed by atoms with E-state index in [4.69, 9.17) is 4.42 Å². The van der Waals surface area contributed by atoms with Crippen molar-refractivity contribution >= 4 is 29.9 Å². The highest BCUT2D eigenvalue weighted by atomic mass is 127. The van der Waals surface area contributed by atoms with Crippen molar-refractivity contribution in [3.05, 3.63) is 72.5 Å². The Hall–Kier alpha value is -3.15. The molecule has 4 rings (SSSR count). The van der Waals surface area contributed by atoms with Gasteiger partial charge in [-0.2, -0.15) is 5.10 Å². The van der Waals surface area contributed by atoms with Crippen LogP contribution in [0, 0.1) is 0 Å². The molecule has 0 saturated heterocycles. The molecule has 0 aliphatic rings. The lowest BCUT2D eigenvalue weighted by molar-refractivity contribution is 0.577. The van der Waals surface area contributed by atoms with Crippen molar-refractivity contribution in [2.75, 3.05) is 6.54 Å². The number of benzene rings is 1. The zero-order valence-electron chi connectivity index (χ0n) is 17.3. The molecule has 3 heterocycles. The largest absolute Gasteiger partial charge is 0.461 e. The highest BCUT2D eigenvalue weighted by Gasteiger charge is 2.11. The van der Waals surface area contributed by atoms with E-state index in [2.05, 4.69) is 55.0 Å². The number of rotatable bonds is 7. The van der Waals surface area contributed by atoms with E-state index in [1.165, 1.54) is 0 Å². The fourth-order valence-corrected chi connectivity index (χ4v) is 3.00. The Morgan fingerprint density at radius 2 is 2.16 bits per heavy atom. The minimum atomic E-state index is 0. The predicted molar refractivity (Wildman–Crippen MR) is 129 cm³/mol. The maximum absolute atomic E-state index is 5.32. The van der Waals surface area contributed by atoms with Crippen molar-refractivity contribution in [3.8, 4) is 17.3 Å². The second-order valence-corrected chi connectivity index (χ2v) is 6.69. The van der Waals surface area contributed by atoms with Gasteiger partial charge in [0.15, 0.2) is 11.7 Å². The number of nitrogens with zero attached hydrogens (tertiary/aromatic N) is 5. The van der Waals surface area contributed by atoms with Gasteiger partial charge in [-0.1, -0.05) is 12.1 Å². The molecular formula is C21H25IN8O. The van der Waals surface area contributed by atoms with Gasteiger partial charge in [0.05, 0.1) is 18.0 Å². The molecule has 0 spiro atoms. The van der Waals surface area contributed by atoms with Gasteiger partial charge in [0.25, 0.3) is 0 Å². The van der Waals surface area contributed by atoms with Crippen LogP contribution in [0.1, 0.15) is 31.3 Å². The molecule has 3 N–H and O–H groups in total. The number of hydrogen-bond acceptors (Lipinski definition) is 5. The summed E-state index contributed by atoms with van der Waals surface area (Å²) in [6.45, 7) is 5.24. The number of guanidine groups is 1. The molecule has 0 aliphatic heterocycles. The van der Waals surface area contributed by atoms with E-state index in [0.29, 0.717) is 29.9 Å². The second kappa shape index (κ2) is 10.8. The molecule has 0 fully saturated rings. The molecule has 0 aliphatic carbocycles. The topological polar surface area (TPSA) is 109 Å². The predicted octanol–water partition coefficient (Wildman–Crippen LogP) is 3.68. The van der Waals surface area contributed by atoms with Gasteiger partial charge >= 0.3 is 0 Å². The first-order valence-corrected chi connectivity index (χ1v) is 9.83. The lowest BCUT2D eigenvalue weighted by Crippen LogP contribution is -2.38. The van der Waals surface area contributed by atoms with Crippen LogP contribution < -0.4 is 10.6 Å². The van der Waals surface area contributed by atoms with E-state index >= 15 is 0 Å². The number of hydrogen-bond donors (Lipinski definition) is 3. The number of halogens is 1. The molecular weight excluding hydrogens is 507 g/mol. The minimum Gasteiger partial charge on any atom is -0.461 e. The lowest BCUT2D eigenvalue weighted by Gasteiger charge is -2.18. The quantitative estimate of drug-likeness (QED) is 0.190. The second-order valence-electron chi connectivity index (χ2n) is 6.69. The monoisotopic (exact) mass is 532 g/mol. The van der Waals surface area contributed by atoms with Gasteiger partial charge in [0.1, 0.15) is 12.4 Å². The van der Waals surface area contributed by atoms with E-state index in [-0.39, 0.29) is 30.0 Å². The van der Waals surface area contributed by atoms with E-state index in [1.54, 1.807) is 18.5 Å². The number of nitrogens with one attached hydrogen (secondary N) is 3. The Labute approximate surface area is 197 Å². The molecule has 0 radical (unpaired) electrons. The third-order valence-electron chi connectivity index (χ3n) is 4.50. The van der Waals surface area contributed by atoms with Crippen LogP contribution in [0.15, 0.2) is 70.5 Å². The summed E-state index contributed by atoms with van der Waals surface area (Å²) in [5, 5.41) is 18.1. The highest BCUT2D eigenvalue weighted by Crippen LogP contribution is 2.17. The summed E-state index contributed by atoms with van der Waals surface area (Å²) in [6.07, 6.45) is 5.29. The zero-order chi connectivity index (χ0) is 20.8. The number of aliphatic imine (C=N–C) groups is 1. The van der Waals surface area contributed by atoms with Gasteiger partial charge in [-0.3, -0.25) is 5.10 Å². The summed E-state index contributed by atoms with van der Waals surface area (Å²) >= 11 is 0. The van der Waals surface area contributed by atoms with Gasteiger partial charge in [0.2, 0.25) is 5.82 Å². The van der Waals surface area contributed by atoms with Crippen LogP contribution in [0.3, 0.4) is 0 Å². The molecule has 1 unspecified atom stereocenters. The molecule has 0 saturated carbocycles. The molecule has 4 aromatic rings. The van der Waals surface area contributed by atoms with Crippen molar-refractivity contribution in [2.45, 2.75) is 26.4 Å². The normalized spacial score (nSPS) is 12.3. The average Bonchev–Trinajstić information content (AvgIpc) is 3.54. The summed E-state index contributed by atoms with van der Waals surface area (Å²) < 4.78 is 7.17. The maximum Gasteiger partial charge on any atom is 0.216 e. The number of furan rings is 1. The molecule has 0 amide bonds. The van der Waals surface area contributed by atoms with Gasteiger partial charge in [-0.25, -0.2) is 14.7 Å². The smallest absolute Gasteiger partial charge is 0.216 e. The van der Waals surface area contributed by atoms with Crippen molar-refractivity contribution in [2.24, 2.45) is 4.99 Å². The molecule has 162 valence electrons. The Balaban J connectivity index is 0.00000272. The van der Waals surface area contributed by atoms with Gasteiger partial charge in [-0.05, 0) is 49.7 Å². The summed E-state index contributed by atoms with van der Waals surface area (Å²) in [5.41, 5.74) is 2.15. The Morgan fingerprint density at radius 1 is 1.26 bits per heavy atom. The number of aromatic amines is 1. The highest BCUT2D eigenvalue weighted by molar-refractivity contribution is 14.0. The molecule has 1 aromatic carbocycles. The van der Waals surface area contributed by atoms with Gasteiger partial charge in [0, 0.05) is 18.9 Å². The molecule has 1 atom stereocenters. The third-order valence-corrected chi connectivity index (χ3v) is 4.50. The van der Waals surface area contributed by atoms with Crippen molar-refractivity contribution < 1.29 is 4.42 Å². The van der Waals surface area contributed by atoms with Gasteiger partial charge < -0.3 is 15.1 Å². The van der Waals surface area contributed by atoms with Crippen molar-refractivity contribution in [1.29, 1.82) is 0 Å². The van der Waals surface area contributed by atoms with Crippen LogP contribution in [0.5, 0.6) is 0 Å². The van der Waals surface area contributed by atoms with E-state index in [9.17, 15) is 0 Å². The van der Waals surface area contributed by atoms with E-state index in [0.717, 1.165) is 17.8 Å². The molecule has 31 heavy (non-hydrogen) atoms. The van der Waals surface area contributed by atoms with Crippen LogP contribution in [0.4, 0.5) is 0 Å². The first-order valence-electron chi connectivity index (χ1n) is 9.83.